The van der Waals surface area contributed by atoms with Gasteiger partial charge in [-0.2, -0.15) is 26.3 Å². The minimum Gasteiger partial charge on any atom is -0.481 e. The standard InChI is InChI=1S/C29H31F6N3O4/c1-26(2,3)27(25(41)42,15-16-29(33,34)35)19(13-14-28(30,31)32)23(39)38-22-24(40)36-20-12-8-7-11-18(20)21(37-22)17-9-5-4-6-10-17/h4-12,19,22H,13-16H2,1-3H3,(H,36,40)(H,38,39)(H,41,42)/t19-,22+,27+/m0/s1. The average Bonchev–Trinajstić information content (AvgIpc) is 3.00. The van der Waals surface area contributed by atoms with E-state index in [1.165, 1.54) is 20.8 Å². The molecular weight excluding hydrogens is 568 g/mol. The summed E-state index contributed by atoms with van der Waals surface area (Å²) >= 11 is 0. The lowest BCUT2D eigenvalue weighted by Crippen LogP contribution is -2.56. The number of para-hydroxylation sites is 1. The first-order chi connectivity index (χ1) is 19.4. The van der Waals surface area contributed by atoms with Crippen LogP contribution in [0.3, 0.4) is 0 Å². The molecule has 3 atom stereocenters. The number of carboxylic acid groups (broad SMARTS) is 1. The highest BCUT2D eigenvalue weighted by molar-refractivity contribution is 6.19. The summed E-state index contributed by atoms with van der Waals surface area (Å²) in [5, 5.41) is 15.1. The zero-order valence-electron chi connectivity index (χ0n) is 23.1. The molecule has 0 bridgehead atoms. The van der Waals surface area contributed by atoms with Crippen molar-refractivity contribution in [3.8, 4) is 0 Å². The molecule has 2 amide bonds. The molecule has 1 heterocycles. The minimum atomic E-state index is -4.85. The second kappa shape index (κ2) is 12.1. The molecule has 0 saturated carbocycles. The topological polar surface area (TPSA) is 108 Å². The number of hydrogen-bond acceptors (Lipinski definition) is 4. The molecule has 13 heteroatoms. The van der Waals surface area contributed by atoms with E-state index in [9.17, 15) is 45.8 Å². The average molecular weight is 600 g/mol. The number of benzene rings is 2. The summed E-state index contributed by atoms with van der Waals surface area (Å²) in [7, 11) is 0. The van der Waals surface area contributed by atoms with Gasteiger partial charge in [0.15, 0.2) is 0 Å². The van der Waals surface area contributed by atoms with Crippen LogP contribution in [0.1, 0.15) is 57.6 Å². The lowest BCUT2D eigenvalue weighted by molar-refractivity contribution is -0.182. The first-order valence-corrected chi connectivity index (χ1v) is 13.1. The largest absolute Gasteiger partial charge is 0.481 e. The van der Waals surface area contributed by atoms with E-state index in [-0.39, 0.29) is 5.71 Å². The normalized spacial score (nSPS) is 18.1. The predicted octanol–water partition coefficient (Wildman–Crippen LogP) is 6.34. The number of amides is 2. The summed E-state index contributed by atoms with van der Waals surface area (Å²) in [5.41, 5.74) is -2.61. The second-order valence-corrected chi connectivity index (χ2v) is 11.1. The summed E-state index contributed by atoms with van der Waals surface area (Å²) in [4.78, 5) is 44.1. The van der Waals surface area contributed by atoms with Gasteiger partial charge in [-0.25, -0.2) is 4.99 Å². The van der Waals surface area contributed by atoms with Crippen LogP contribution in [0.15, 0.2) is 59.6 Å². The number of aliphatic imine (C=N–C) groups is 1. The predicted molar refractivity (Wildman–Crippen MR) is 143 cm³/mol. The molecule has 2 aromatic carbocycles. The van der Waals surface area contributed by atoms with Crippen LogP contribution in [0.4, 0.5) is 32.0 Å². The molecule has 0 aromatic heterocycles. The molecule has 1 aliphatic rings. The number of aliphatic carboxylic acids is 1. The zero-order valence-corrected chi connectivity index (χ0v) is 23.1. The first kappa shape index (κ1) is 32.6. The van der Waals surface area contributed by atoms with Crippen molar-refractivity contribution in [3.05, 3.63) is 65.7 Å². The number of halogens is 6. The Morgan fingerprint density at radius 2 is 1.48 bits per heavy atom. The monoisotopic (exact) mass is 599 g/mol. The fourth-order valence-electron chi connectivity index (χ4n) is 5.31. The molecule has 0 radical (unpaired) electrons. The van der Waals surface area contributed by atoms with Crippen molar-refractivity contribution in [2.45, 2.75) is 65.0 Å². The SMILES string of the molecule is CC(C)(C)[C@@](CCC(F)(F)F)(C(=O)O)[C@@H](CCC(F)(F)F)C(=O)N[C@H]1N=C(c2ccccc2)c2ccccc2NC1=O. The third-order valence-corrected chi connectivity index (χ3v) is 7.42. The number of benzodiazepines with no additional fused rings is 1. The van der Waals surface area contributed by atoms with Gasteiger partial charge in [-0.1, -0.05) is 69.3 Å². The summed E-state index contributed by atoms with van der Waals surface area (Å²) in [5.74, 6) is -6.16. The molecule has 1 aliphatic heterocycles. The van der Waals surface area contributed by atoms with Gasteiger partial charge >= 0.3 is 18.3 Å². The number of carbonyl (C=O) groups excluding carboxylic acids is 2. The zero-order chi connectivity index (χ0) is 31.5. The van der Waals surface area contributed by atoms with Crippen molar-refractivity contribution >= 4 is 29.2 Å². The quantitative estimate of drug-likeness (QED) is 0.293. The third kappa shape index (κ3) is 7.48. The van der Waals surface area contributed by atoms with Gasteiger partial charge < -0.3 is 15.7 Å². The van der Waals surface area contributed by atoms with E-state index < -0.39 is 78.7 Å². The number of hydrogen-bond donors (Lipinski definition) is 3. The van der Waals surface area contributed by atoms with Crippen LogP contribution in [0.2, 0.25) is 0 Å². The Bertz CT molecular complexity index is 1340. The van der Waals surface area contributed by atoms with Gasteiger partial charge in [0.25, 0.3) is 5.91 Å². The van der Waals surface area contributed by atoms with Gasteiger partial charge in [0, 0.05) is 24.0 Å². The number of carbonyl (C=O) groups is 3. The van der Waals surface area contributed by atoms with E-state index in [1.54, 1.807) is 54.6 Å². The minimum absolute atomic E-state index is 0.249. The number of alkyl halides is 6. The van der Waals surface area contributed by atoms with Crippen LogP contribution in [0.25, 0.3) is 0 Å². The number of anilines is 1. The molecule has 0 spiro atoms. The highest BCUT2D eigenvalue weighted by Crippen LogP contribution is 2.52. The van der Waals surface area contributed by atoms with Gasteiger partial charge in [0.05, 0.1) is 22.7 Å². The highest BCUT2D eigenvalue weighted by atomic mass is 19.4. The molecule has 0 unspecified atom stereocenters. The maximum atomic E-state index is 13.8. The van der Waals surface area contributed by atoms with E-state index in [0.29, 0.717) is 16.8 Å². The third-order valence-electron chi connectivity index (χ3n) is 7.42. The summed E-state index contributed by atoms with van der Waals surface area (Å²) in [6, 6.07) is 15.1. The van der Waals surface area contributed by atoms with Crippen molar-refractivity contribution in [2.75, 3.05) is 5.32 Å². The highest BCUT2D eigenvalue weighted by Gasteiger charge is 2.58. The Labute approximate surface area is 238 Å². The van der Waals surface area contributed by atoms with Gasteiger partial charge in [0.1, 0.15) is 0 Å². The van der Waals surface area contributed by atoms with Crippen molar-refractivity contribution in [1.82, 2.24) is 5.32 Å². The molecular formula is C29H31F6N3O4. The Hall–Kier alpha value is -3.90. The molecule has 0 saturated heterocycles. The number of rotatable bonds is 9. The molecule has 7 nitrogen and oxygen atoms in total. The van der Waals surface area contributed by atoms with E-state index in [1.807, 2.05) is 0 Å². The Balaban J connectivity index is 2.12. The van der Waals surface area contributed by atoms with Gasteiger partial charge in [0.2, 0.25) is 12.1 Å². The molecule has 2 aromatic rings. The molecule has 228 valence electrons. The molecule has 0 fully saturated rings. The maximum Gasteiger partial charge on any atom is 0.389 e. The summed E-state index contributed by atoms with van der Waals surface area (Å²) in [6.07, 6.45) is -17.0. The Morgan fingerprint density at radius 1 is 0.905 bits per heavy atom. The smallest absolute Gasteiger partial charge is 0.389 e. The summed E-state index contributed by atoms with van der Waals surface area (Å²) in [6.45, 7) is 3.77. The van der Waals surface area contributed by atoms with E-state index >= 15 is 0 Å². The van der Waals surface area contributed by atoms with Crippen molar-refractivity contribution in [3.63, 3.8) is 0 Å². The lowest BCUT2D eigenvalue weighted by Gasteiger charge is -2.46. The van der Waals surface area contributed by atoms with E-state index in [2.05, 4.69) is 15.6 Å². The van der Waals surface area contributed by atoms with Crippen LogP contribution in [-0.2, 0) is 14.4 Å². The van der Waals surface area contributed by atoms with Gasteiger partial charge in [-0.15, -0.1) is 0 Å². The van der Waals surface area contributed by atoms with Crippen LogP contribution in [0, 0.1) is 16.7 Å². The Kier molecular flexibility index (Phi) is 9.43. The number of carboxylic acids is 1. The van der Waals surface area contributed by atoms with Crippen molar-refractivity contribution in [2.24, 2.45) is 21.7 Å². The van der Waals surface area contributed by atoms with Crippen molar-refractivity contribution < 1.29 is 45.8 Å². The fraction of sp³-hybridized carbons (Fsp3) is 0.448. The molecule has 0 aliphatic carbocycles. The lowest BCUT2D eigenvalue weighted by atomic mass is 9.56. The van der Waals surface area contributed by atoms with E-state index in [0.717, 1.165) is 0 Å². The second-order valence-electron chi connectivity index (χ2n) is 11.1. The molecule has 3 N–H and O–H groups in total. The van der Waals surface area contributed by atoms with Gasteiger partial charge in [-0.3, -0.25) is 14.4 Å². The van der Waals surface area contributed by atoms with Crippen LogP contribution in [0.5, 0.6) is 0 Å². The van der Waals surface area contributed by atoms with Crippen molar-refractivity contribution in [1.29, 1.82) is 0 Å². The van der Waals surface area contributed by atoms with Gasteiger partial charge in [-0.05, 0) is 24.3 Å². The number of nitrogens with zero attached hydrogens (tertiary/aromatic N) is 1. The number of fused-ring (bicyclic) bond motifs is 1. The molecule has 42 heavy (non-hydrogen) atoms. The molecule has 3 rings (SSSR count). The van der Waals surface area contributed by atoms with Crippen LogP contribution in [-0.4, -0.2) is 47.1 Å². The summed E-state index contributed by atoms with van der Waals surface area (Å²) < 4.78 is 80.1. The Morgan fingerprint density at radius 3 is 2.02 bits per heavy atom. The van der Waals surface area contributed by atoms with E-state index in [4.69, 9.17) is 0 Å². The fourth-order valence-corrected chi connectivity index (χ4v) is 5.31. The first-order valence-electron chi connectivity index (χ1n) is 13.1. The van der Waals surface area contributed by atoms with Crippen LogP contribution < -0.4 is 10.6 Å². The maximum absolute atomic E-state index is 13.8. The number of nitrogens with one attached hydrogen (secondary N) is 2. The van der Waals surface area contributed by atoms with Crippen LogP contribution >= 0.6 is 0 Å².